The number of piperazine rings is 1. The maximum Gasteiger partial charge on any atom is 0.247 e. The fourth-order valence-electron chi connectivity index (χ4n) is 6.27. The Bertz CT molecular complexity index is 1580. The van der Waals surface area contributed by atoms with E-state index < -0.39 is 6.04 Å². The minimum absolute atomic E-state index is 0.0806. The number of amides is 2. The maximum atomic E-state index is 13.7. The molecule has 240 valence electrons. The summed E-state index contributed by atoms with van der Waals surface area (Å²) in [6.07, 6.45) is 5.69. The van der Waals surface area contributed by atoms with Crippen LogP contribution in [0.15, 0.2) is 66.9 Å². The van der Waals surface area contributed by atoms with E-state index >= 15 is 0 Å². The number of H-pyrrole nitrogens is 1. The minimum Gasteiger partial charge on any atom is -0.354 e. The number of carbonyl (C=O) groups is 2. The van der Waals surface area contributed by atoms with Gasteiger partial charge in [-0.1, -0.05) is 24.3 Å². The summed E-state index contributed by atoms with van der Waals surface area (Å²) in [7, 11) is 2.14. The van der Waals surface area contributed by atoms with Gasteiger partial charge in [0.1, 0.15) is 11.9 Å². The Balaban J connectivity index is 1.17. The molecule has 6 rings (SSSR count). The highest BCUT2D eigenvalue weighted by Crippen LogP contribution is 2.29. The van der Waals surface area contributed by atoms with Gasteiger partial charge in [-0.25, -0.2) is 4.98 Å². The van der Waals surface area contributed by atoms with Gasteiger partial charge in [-0.05, 0) is 97.9 Å². The topological polar surface area (TPSA) is 158 Å². The molecule has 1 aliphatic carbocycles. The lowest BCUT2D eigenvalue weighted by molar-refractivity contribution is -0.130. The molecule has 1 saturated heterocycles. The van der Waals surface area contributed by atoms with Crippen molar-refractivity contribution in [3.8, 4) is 22.5 Å². The number of benzene rings is 2. The van der Waals surface area contributed by atoms with E-state index in [0.29, 0.717) is 30.4 Å². The quantitative estimate of drug-likeness (QED) is 0.209. The molecule has 0 bridgehead atoms. The third-order valence-corrected chi connectivity index (χ3v) is 9.22. The Kier molecular flexibility index (Phi) is 9.94. The first-order chi connectivity index (χ1) is 22.4. The molecule has 12 heteroatoms. The average molecular weight is 623 g/mol. The predicted molar refractivity (Wildman–Crippen MR) is 178 cm³/mol. The summed E-state index contributed by atoms with van der Waals surface area (Å²) in [6.45, 7) is 4.62. The molecule has 4 aromatic rings. The molecule has 12 nitrogen and oxygen atoms in total. The third kappa shape index (κ3) is 7.75. The number of nitrogens with one attached hydrogen (secondary N) is 3. The van der Waals surface area contributed by atoms with Crippen LogP contribution in [-0.4, -0.2) is 88.1 Å². The van der Waals surface area contributed by atoms with Crippen molar-refractivity contribution in [2.45, 2.75) is 38.1 Å². The van der Waals surface area contributed by atoms with Gasteiger partial charge in [-0.3, -0.25) is 9.59 Å². The summed E-state index contributed by atoms with van der Waals surface area (Å²) >= 11 is 0. The molecule has 1 saturated carbocycles. The number of tetrazole rings is 1. The first-order valence-corrected chi connectivity index (χ1v) is 16.1. The predicted octanol–water partition coefficient (Wildman–Crippen LogP) is 3.11. The highest BCUT2D eigenvalue weighted by molar-refractivity contribution is 5.97. The molecule has 3 heterocycles. The van der Waals surface area contributed by atoms with Crippen molar-refractivity contribution in [2.75, 3.05) is 50.0 Å². The molecule has 1 aliphatic heterocycles. The number of aromatic amines is 1. The van der Waals surface area contributed by atoms with Crippen LogP contribution in [0.1, 0.15) is 31.2 Å². The van der Waals surface area contributed by atoms with Gasteiger partial charge >= 0.3 is 0 Å². The average Bonchev–Trinajstić information content (AvgIpc) is 3.64. The number of hydrogen-bond donors (Lipinski definition) is 4. The van der Waals surface area contributed by atoms with E-state index in [4.69, 9.17) is 10.7 Å². The molecule has 0 spiro atoms. The van der Waals surface area contributed by atoms with Crippen LogP contribution in [0.4, 0.5) is 11.5 Å². The fraction of sp³-hybridized carbons (Fsp3) is 0.412. The van der Waals surface area contributed by atoms with Crippen LogP contribution < -0.4 is 21.3 Å². The first kappa shape index (κ1) is 31.3. The molecule has 46 heavy (non-hydrogen) atoms. The number of hydrogen-bond acceptors (Lipinski definition) is 9. The van der Waals surface area contributed by atoms with Gasteiger partial charge in [0.15, 0.2) is 0 Å². The van der Waals surface area contributed by atoms with Crippen LogP contribution in [0.25, 0.3) is 22.5 Å². The van der Waals surface area contributed by atoms with Gasteiger partial charge in [0.05, 0.1) is 0 Å². The lowest BCUT2D eigenvalue weighted by atomic mass is 9.81. The monoisotopic (exact) mass is 622 g/mol. The lowest BCUT2D eigenvalue weighted by Crippen LogP contribution is -2.48. The zero-order chi connectivity index (χ0) is 31.9. The summed E-state index contributed by atoms with van der Waals surface area (Å²) in [5, 5.41) is 20.1. The number of nitrogens with zero attached hydrogens (tertiary/aromatic N) is 6. The first-order valence-electron chi connectivity index (χ1n) is 16.1. The van der Waals surface area contributed by atoms with Crippen molar-refractivity contribution < 1.29 is 9.59 Å². The minimum atomic E-state index is -0.760. The van der Waals surface area contributed by atoms with Gasteiger partial charge in [0, 0.05) is 61.5 Å². The van der Waals surface area contributed by atoms with Crippen molar-refractivity contribution in [2.24, 2.45) is 17.6 Å². The summed E-state index contributed by atoms with van der Waals surface area (Å²) < 4.78 is 0. The summed E-state index contributed by atoms with van der Waals surface area (Å²) in [4.78, 5) is 36.5. The number of aromatic nitrogens is 5. The van der Waals surface area contributed by atoms with E-state index in [2.05, 4.69) is 66.3 Å². The summed E-state index contributed by atoms with van der Waals surface area (Å²) in [5.74, 6) is 1.44. The second-order valence-electron chi connectivity index (χ2n) is 12.4. The zero-order valence-electron chi connectivity index (χ0n) is 26.2. The van der Waals surface area contributed by atoms with Crippen molar-refractivity contribution >= 4 is 23.3 Å². The molecular weight excluding hydrogens is 580 g/mol. The highest BCUT2D eigenvalue weighted by atomic mass is 16.2. The van der Waals surface area contributed by atoms with Crippen molar-refractivity contribution in [3.63, 3.8) is 0 Å². The molecule has 2 aromatic heterocycles. The third-order valence-electron chi connectivity index (χ3n) is 9.22. The second-order valence-corrected chi connectivity index (χ2v) is 12.4. The van der Waals surface area contributed by atoms with E-state index in [1.54, 1.807) is 12.1 Å². The van der Waals surface area contributed by atoms with Crippen LogP contribution in [0.3, 0.4) is 0 Å². The standard InChI is InChI=1S/C34H42N10O2/c1-43-15-17-44(18-16-43)31-14-11-28(22-36-31)27-4-2-3-24(19-27)20-30(38-33(45)26-7-5-23(21-35)6-8-26)34(46)37-29-12-9-25(10-13-29)32-39-41-42-40-32/h2-4,9-14,19,22-23,26,30H,5-8,15-18,20-21,35H2,1H3,(H,37,46)(H,38,45)(H,39,40,41,42). The van der Waals surface area contributed by atoms with Gasteiger partial charge in [-0.2, -0.15) is 5.21 Å². The Hall–Kier alpha value is -4.68. The zero-order valence-corrected chi connectivity index (χ0v) is 26.2. The number of rotatable bonds is 10. The van der Waals surface area contributed by atoms with Crippen LogP contribution in [0, 0.1) is 11.8 Å². The van der Waals surface area contributed by atoms with Crippen LogP contribution in [0.5, 0.6) is 0 Å². The number of pyridine rings is 1. The van der Waals surface area contributed by atoms with Crippen LogP contribution in [-0.2, 0) is 16.0 Å². The molecule has 5 N–H and O–H groups in total. The molecule has 0 radical (unpaired) electrons. The van der Waals surface area contributed by atoms with Crippen molar-refractivity contribution in [1.82, 2.24) is 35.8 Å². The number of anilines is 2. The largest absolute Gasteiger partial charge is 0.354 e. The Morgan fingerprint density at radius 1 is 0.957 bits per heavy atom. The fourth-order valence-corrected chi connectivity index (χ4v) is 6.27. The molecular formula is C34H42N10O2. The molecule has 2 amide bonds. The number of carbonyl (C=O) groups excluding carboxylic acids is 2. The second kappa shape index (κ2) is 14.6. The highest BCUT2D eigenvalue weighted by Gasteiger charge is 2.29. The van der Waals surface area contributed by atoms with E-state index in [0.717, 1.165) is 79.9 Å². The smallest absolute Gasteiger partial charge is 0.247 e. The molecule has 2 aromatic carbocycles. The summed E-state index contributed by atoms with van der Waals surface area (Å²) in [5.41, 5.74) is 10.2. The van der Waals surface area contributed by atoms with E-state index in [-0.39, 0.29) is 17.7 Å². The van der Waals surface area contributed by atoms with Crippen molar-refractivity contribution in [3.05, 3.63) is 72.4 Å². The Labute approximate surface area is 269 Å². The van der Waals surface area contributed by atoms with Crippen molar-refractivity contribution in [1.29, 1.82) is 0 Å². The van der Waals surface area contributed by atoms with E-state index in [9.17, 15) is 9.59 Å². The van der Waals surface area contributed by atoms with Gasteiger partial charge in [-0.15, -0.1) is 10.2 Å². The normalized spacial score (nSPS) is 19.4. The maximum absolute atomic E-state index is 13.7. The van der Waals surface area contributed by atoms with E-state index in [1.807, 2.05) is 36.5 Å². The lowest BCUT2D eigenvalue weighted by Gasteiger charge is -2.33. The molecule has 2 aliphatic rings. The van der Waals surface area contributed by atoms with Gasteiger partial charge in [0.2, 0.25) is 17.6 Å². The molecule has 1 atom stereocenters. The van der Waals surface area contributed by atoms with Crippen LogP contribution in [0.2, 0.25) is 0 Å². The van der Waals surface area contributed by atoms with Gasteiger partial charge in [0.25, 0.3) is 0 Å². The Morgan fingerprint density at radius 2 is 1.72 bits per heavy atom. The summed E-state index contributed by atoms with van der Waals surface area (Å²) in [6, 6.07) is 18.7. The van der Waals surface area contributed by atoms with E-state index in [1.165, 1.54) is 0 Å². The van der Waals surface area contributed by atoms with Crippen LogP contribution >= 0.6 is 0 Å². The number of nitrogens with two attached hydrogens (primary N) is 1. The molecule has 2 fully saturated rings. The number of likely N-dealkylation sites (N-methyl/N-ethyl adjacent to an activating group) is 1. The molecule has 1 unspecified atom stereocenters. The van der Waals surface area contributed by atoms with Gasteiger partial charge < -0.3 is 26.2 Å². The SMILES string of the molecule is CN1CCN(c2ccc(-c3cccc(CC(NC(=O)C4CCC(CN)CC4)C(=O)Nc4ccc(-c5nn[nH]n5)cc4)c3)cn2)CC1. The Morgan fingerprint density at radius 3 is 2.39 bits per heavy atom.